The van der Waals surface area contributed by atoms with Gasteiger partial charge in [-0.25, -0.2) is 4.98 Å². The largest absolute Gasteiger partial charge is 0.380 e. The normalized spacial score (nSPS) is 23.5. The Labute approximate surface area is 199 Å². The second kappa shape index (κ2) is 9.20. The second-order valence-electron chi connectivity index (χ2n) is 9.40. The summed E-state index contributed by atoms with van der Waals surface area (Å²) in [6.07, 6.45) is 4.10. The van der Waals surface area contributed by atoms with Crippen molar-refractivity contribution in [2.24, 2.45) is 0 Å². The number of aromatic nitrogens is 3. The molecule has 176 valence electrons. The van der Waals surface area contributed by atoms with Crippen LogP contribution in [0.2, 0.25) is 5.02 Å². The first-order valence-electron chi connectivity index (χ1n) is 12.0. The van der Waals surface area contributed by atoms with Gasteiger partial charge in [-0.2, -0.15) is 4.98 Å². The first-order valence-corrected chi connectivity index (χ1v) is 12.4. The first kappa shape index (κ1) is 22.6. The van der Waals surface area contributed by atoms with Crippen molar-refractivity contribution < 1.29 is 9.26 Å². The molecule has 2 saturated heterocycles. The number of ether oxygens (including phenoxy) is 1. The minimum absolute atomic E-state index is 0.305. The molecule has 0 aliphatic carbocycles. The van der Waals surface area contributed by atoms with Gasteiger partial charge >= 0.3 is 0 Å². The molecule has 2 aromatic heterocycles. The fourth-order valence-electron chi connectivity index (χ4n) is 5.22. The summed E-state index contributed by atoms with van der Waals surface area (Å²) >= 11 is 6.73. The number of fused-ring (bicyclic) bond motifs is 1. The maximum absolute atomic E-state index is 6.73. The molecule has 1 N–H and O–H groups in total. The van der Waals surface area contributed by atoms with Crippen molar-refractivity contribution in [2.45, 2.75) is 71.5 Å². The van der Waals surface area contributed by atoms with Gasteiger partial charge in [0.1, 0.15) is 5.82 Å². The van der Waals surface area contributed by atoms with Gasteiger partial charge in [-0.3, -0.25) is 0 Å². The number of halogens is 1. The van der Waals surface area contributed by atoms with Crippen molar-refractivity contribution in [3.05, 3.63) is 34.1 Å². The van der Waals surface area contributed by atoms with E-state index in [1.807, 2.05) is 13.0 Å². The lowest BCUT2D eigenvalue weighted by Crippen LogP contribution is -2.50. The van der Waals surface area contributed by atoms with E-state index in [1.54, 1.807) is 0 Å². The molecule has 7 nitrogen and oxygen atoms in total. The number of hydrogen-bond donors (Lipinski definition) is 1. The van der Waals surface area contributed by atoms with Crippen molar-refractivity contribution in [2.75, 3.05) is 24.7 Å². The lowest BCUT2D eigenvalue weighted by molar-refractivity contribution is 0.185. The maximum Gasteiger partial charge on any atom is 0.261 e. The van der Waals surface area contributed by atoms with Crippen molar-refractivity contribution in [3.63, 3.8) is 0 Å². The van der Waals surface area contributed by atoms with Crippen molar-refractivity contribution in [1.29, 1.82) is 0 Å². The Balaban J connectivity index is 1.56. The Bertz CT molecular complexity index is 1160. The Morgan fingerprint density at radius 3 is 2.70 bits per heavy atom. The molecular weight excluding hydrogens is 438 g/mol. The monoisotopic (exact) mass is 469 g/mol. The van der Waals surface area contributed by atoms with Crippen molar-refractivity contribution >= 4 is 28.3 Å². The zero-order valence-corrected chi connectivity index (χ0v) is 20.6. The standard InChI is InChI=1S/C25H32ClN5O2/c1-5-17-11-20-15(3)22(25-27-16(4)30-33-25)24(29-23(20)21(26)12-17)31-8-6-18(10-14(31)2)28-19-7-9-32-13-19/h11-12,14,18-19,28H,5-10,13H2,1-4H3/t14-,18-,19-/m1/s1. The van der Waals surface area contributed by atoms with E-state index >= 15 is 0 Å². The molecule has 2 aliphatic heterocycles. The molecule has 0 unspecified atom stereocenters. The van der Waals surface area contributed by atoms with Crippen LogP contribution < -0.4 is 10.2 Å². The number of benzene rings is 1. The van der Waals surface area contributed by atoms with Crippen LogP contribution in [0.25, 0.3) is 22.4 Å². The molecule has 2 fully saturated rings. The summed E-state index contributed by atoms with van der Waals surface area (Å²) in [6.45, 7) is 10.9. The van der Waals surface area contributed by atoms with E-state index in [4.69, 9.17) is 25.8 Å². The summed E-state index contributed by atoms with van der Waals surface area (Å²) in [7, 11) is 0. The van der Waals surface area contributed by atoms with E-state index in [0.29, 0.717) is 34.9 Å². The number of pyridine rings is 1. The van der Waals surface area contributed by atoms with E-state index < -0.39 is 0 Å². The smallest absolute Gasteiger partial charge is 0.261 e. The van der Waals surface area contributed by atoms with Gasteiger partial charge in [0.05, 0.1) is 22.7 Å². The molecule has 3 aromatic rings. The third-order valence-electron chi connectivity index (χ3n) is 7.04. The molecule has 5 rings (SSSR count). The number of hydrogen-bond acceptors (Lipinski definition) is 7. The van der Waals surface area contributed by atoms with Gasteiger partial charge in [0.25, 0.3) is 5.89 Å². The van der Waals surface area contributed by atoms with Crippen LogP contribution in [0.1, 0.15) is 50.1 Å². The molecule has 0 saturated carbocycles. The van der Waals surface area contributed by atoms with E-state index in [0.717, 1.165) is 73.3 Å². The lowest BCUT2D eigenvalue weighted by atomic mass is 9.95. The van der Waals surface area contributed by atoms with Crippen LogP contribution in [0.4, 0.5) is 5.82 Å². The Morgan fingerprint density at radius 2 is 2.03 bits per heavy atom. The van der Waals surface area contributed by atoms with E-state index in [-0.39, 0.29) is 0 Å². The summed E-state index contributed by atoms with van der Waals surface area (Å²) in [6, 6.07) is 5.47. The maximum atomic E-state index is 6.73. The summed E-state index contributed by atoms with van der Waals surface area (Å²) in [5, 5.41) is 9.59. The minimum Gasteiger partial charge on any atom is -0.380 e. The predicted octanol–water partition coefficient (Wildman–Crippen LogP) is 4.85. The average Bonchev–Trinajstić information content (AvgIpc) is 3.46. The number of piperidine rings is 1. The SMILES string of the molecule is CCc1cc(Cl)c2nc(N3CC[C@@H](N[C@@H]4CCOC4)C[C@H]3C)c(-c3nc(C)no3)c(C)c2c1. The summed E-state index contributed by atoms with van der Waals surface area (Å²) in [5.41, 5.74) is 4.01. The number of nitrogens with zero attached hydrogens (tertiary/aromatic N) is 4. The van der Waals surface area contributed by atoms with Gasteiger partial charge in [-0.1, -0.05) is 23.7 Å². The number of rotatable bonds is 5. The molecule has 0 amide bonds. The topological polar surface area (TPSA) is 76.3 Å². The minimum atomic E-state index is 0.305. The predicted molar refractivity (Wildman–Crippen MR) is 131 cm³/mol. The van der Waals surface area contributed by atoms with E-state index in [9.17, 15) is 0 Å². The summed E-state index contributed by atoms with van der Waals surface area (Å²) < 4.78 is 11.2. The second-order valence-corrected chi connectivity index (χ2v) is 9.81. The first-order chi connectivity index (χ1) is 15.9. The van der Waals surface area contributed by atoms with Crippen molar-refractivity contribution in [1.82, 2.24) is 20.4 Å². The van der Waals surface area contributed by atoms with E-state index in [1.165, 1.54) is 5.56 Å². The Morgan fingerprint density at radius 1 is 1.18 bits per heavy atom. The fraction of sp³-hybridized carbons (Fsp3) is 0.560. The van der Waals surface area contributed by atoms with Gasteiger partial charge in [0.2, 0.25) is 0 Å². The number of anilines is 1. The zero-order chi connectivity index (χ0) is 23.1. The van der Waals surface area contributed by atoms with Crippen molar-refractivity contribution in [3.8, 4) is 11.5 Å². The molecule has 3 atom stereocenters. The summed E-state index contributed by atoms with van der Waals surface area (Å²) in [4.78, 5) is 12.1. The molecule has 0 bridgehead atoms. The zero-order valence-electron chi connectivity index (χ0n) is 19.8. The summed E-state index contributed by atoms with van der Waals surface area (Å²) in [5.74, 6) is 2.01. The highest BCUT2D eigenvalue weighted by atomic mass is 35.5. The van der Waals surface area contributed by atoms with E-state index in [2.05, 4.69) is 47.2 Å². The molecule has 2 aliphatic rings. The number of aryl methyl sites for hydroxylation is 3. The Kier molecular flexibility index (Phi) is 6.29. The van der Waals surface area contributed by atoms with Crippen LogP contribution in [0.5, 0.6) is 0 Å². The van der Waals surface area contributed by atoms with Gasteiger partial charge < -0.3 is 19.5 Å². The quantitative estimate of drug-likeness (QED) is 0.572. The Hall–Kier alpha value is -2.22. The lowest BCUT2D eigenvalue weighted by Gasteiger charge is -2.40. The number of nitrogens with one attached hydrogen (secondary N) is 1. The average molecular weight is 470 g/mol. The van der Waals surface area contributed by atoms with Gasteiger partial charge in [-0.05, 0) is 69.7 Å². The van der Waals surface area contributed by atoms with Gasteiger partial charge in [0, 0.05) is 36.7 Å². The third-order valence-corrected chi connectivity index (χ3v) is 7.33. The van der Waals surface area contributed by atoms with Crippen LogP contribution in [-0.4, -0.2) is 53.0 Å². The third kappa shape index (κ3) is 4.34. The fourth-order valence-corrected chi connectivity index (χ4v) is 5.51. The van der Waals surface area contributed by atoms with Crippen LogP contribution >= 0.6 is 11.6 Å². The van der Waals surface area contributed by atoms with Crippen LogP contribution in [0.3, 0.4) is 0 Å². The molecule has 8 heteroatoms. The molecule has 4 heterocycles. The van der Waals surface area contributed by atoms with Crippen LogP contribution in [0, 0.1) is 13.8 Å². The highest BCUT2D eigenvalue weighted by molar-refractivity contribution is 6.35. The van der Waals surface area contributed by atoms with Crippen LogP contribution in [0.15, 0.2) is 16.7 Å². The molecule has 0 spiro atoms. The highest BCUT2D eigenvalue weighted by Gasteiger charge is 2.32. The van der Waals surface area contributed by atoms with Gasteiger partial charge in [-0.15, -0.1) is 0 Å². The van der Waals surface area contributed by atoms with Gasteiger partial charge in [0.15, 0.2) is 5.82 Å². The molecule has 1 aromatic carbocycles. The highest BCUT2D eigenvalue weighted by Crippen LogP contribution is 2.40. The van der Waals surface area contributed by atoms with Crippen LogP contribution in [-0.2, 0) is 11.2 Å². The molecule has 0 radical (unpaired) electrons. The molecular formula is C25H32ClN5O2. The molecule has 33 heavy (non-hydrogen) atoms.